The molecule has 0 radical (unpaired) electrons. The second kappa shape index (κ2) is 12.1. The molecule has 1 unspecified atom stereocenters. The summed E-state index contributed by atoms with van der Waals surface area (Å²) in [6.07, 6.45) is 3.86. The average molecular weight is 450 g/mol. The first-order chi connectivity index (χ1) is 14.8. The second-order valence-electron chi connectivity index (χ2n) is 6.82. The fourth-order valence-electron chi connectivity index (χ4n) is 2.58. The molecule has 0 aliphatic carbocycles. The largest absolute Gasteiger partial charge is 0.513 e. The van der Waals surface area contributed by atoms with E-state index in [4.69, 9.17) is 13.8 Å². The van der Waals surface area contributed by atoms with Gasteiger partial charge < -0.3 is 13.8 Å². The summed E-state index contributed by atoms with van der Waals surface area (Å²) in [5, 5.41) is 13.4. The lowest BCUT2D eigenvalue weighted by molar-refractivity contribution is -0.384. The van der Waals surface area contributed by atoms with Crippen LogP contribution < -0.4 is 14.1 Å². The number of ether oxygens (including phenoxy) is 1. The number of carbonyl (C=O) groups excluding carboxylic acids is 1. The smallest absolute Gasteiger partial charge is 0.465 e. The van der Waals surface area contributed by atoms with Gasteiger partial charge in [0.2, 0.25) is 0 Å². The molecule has 0 spiro atoms. The fourth-order valence-corrected chi connectivity index (χ4v) is 4.10. The Bertz CT molecular complexity index is 890. The van der Waals surface area contributed by atoms with Crippen molar-refractivity contribution in [1.29, 1.82) is 0 Å². The number of hydrogen-bond donors (Lipinski definition) is 1. The Labute approximate surface area is 181 Å². The van der Waals surface area contributed by atoms with Crippen LogP contribution in [0.15, 0.2) is 54.6 Å². The highest BCUT2D eigenvalue weighted by atomic mass is 31.2. The summed E-state index contributed by atoms with van der Waals surface area (Å²) < 4.78 is 29.7. The monoisotopic (exact) mass is 450 g/mol. The molecule has 2 aromatic rings. The van der Waals surface area contributed by atoms with Crippen LogP contribution in [-0.4, -0.2) is 23.5 Å². The van der Waals surface area contributed by atoms with E-state index in [1.807, 2.05) is 0 Å². The van der Waals surface area contributed by atoms with Gasteiger partial charge in [0.25, 0.3) is 5.69 Å². The molecule has 0 saturated carbocycles. The van der Waals surface area contributed by atoms with Gasteiger partial charge in [-0.15, -0.1) is 0 Å². The Morgan fingerprint density at radius 1 is 1.03 bits per heavy atom. The van der Waals surface area contributed by atoms with Gasteiger partial charge in [-0.25, -0.2) is 4.57 Å². The van der Waals surface area contributed by atoms with Gasteiger partial charge in [0, 0.05) is 12.1 Å². The molecule has 0 fully saturated rings. The molecular formula is C21H27N2O7P. The molecule has 10 heteroatoms. The molecule has 2 aromatic carbocycles. The molecule has 0 aliphatic heterocycles. The number of rotatable bonds is 13. The van der Waals surface area contributed by atoms with Crippen LogP contribution in [0, 0.1) is 10.1 Å². The summed E-state index contributed by atoms with van der Waals surface area (Å²) in [7, 11) is -4.08. The van der Waals surface area contributed by atoms with Gasteiger partial charge in [-0.1, -0.05) is 44.4 Å². The molecule has 9 nitrogen and oxygen atoms in total. The number of para-hydroxylation sites is 1. The third-order valence-electron chi connectivity index (χ3n) is 4.19. The van der Waals surface area contributed by atoms with E-state index >= 15 is 0 Å². The van der Waals surface area contributed by atoms with E-state index in [-0.39, 0.29) is 23.8 Å². The second-order valence-corrected chi connectivity index (χ2v) is 8.44. The number of esters is 1. The molecule has 0 saturated heterocycles. The summed E-state index contributed by atoms with van der Waals surface area (Å²) in [4.78, 5) is 22.6. The quantitative estimate of drug-likeness (QED) is 0.144. The van der Waals surface area contributed by atoms with E-state index in [9.17, 15) is 19.5 Å². The van der Waals surface area contributed by atoms with Crippen molar-refractivity contribution in [2.75, 3.05) is 6.61 Å². The van der Waals surface area contributed by atoms with Crippen molar-refractivity contribution in [1.82, 2.24) is 5.09 Å². The highest BCUT2D eigenvalue weighted by Gasteiger charge is 2.34. The molecule has 0 heterocycles. The maximum atomic E-state index is 13.4. The summed E-state index contributed by atoms with van der Waals surface area (Å²) in [6, 6.07) is 12.4. The zero-order chi connectivity index (χ0) is 22.7. The van der Waals surface area contributed by atoms with Crippen molar-refractivity contribution in [3.8, 4) is 11.5 Å². The zero-order valence-corrected chi connectivity index (χ0v) is 18.5. The molecule has 2 rings (SSSR count). The number of nitro benzene ring substituents is 1. The summed E-state index contributed by atoms with van der Waals surface area (Å²) in [5.74, 6) is -0.237. The molecular weight excluding hydrogens is 423 g/mol. The molecule has 0 bridgehead atoms. The fraction of sp³-hybridized carbons (Fsp3) is 0.381. The Morgan fingerprint density at radius 3 is 2.23 bits per heavy atom. The Hall–Kier alpha value is -2.90. The lowest BCUT2D eigenvalue weighted by Crippen LogP contribution is -2.36. The third-order valence-corrected chi connectivity index (χ3v) is 5.80. The summed E-state index contributed by atoms with van der Waals surface area (Å²) >= 11 is 0. The van der Waals surface area contributed by atoms with Crippen molar-refractivity contribution in [2.45, 2.75) is 45.6 Å². The zero-order valence-electron chi connectivity index (χ0n) is 17.6. The predicted molar refractivity (Wildman–Crippen MR) is 116 cm³/mol. The van der Waals surface area contributed by atoms with E-state index in [0.717, 1.165) is 25.7 Å². The van der Waals surface area contributed by atoms with Crippen LogP contribution in [0.4, 0.5) is 5.69 Å². The standard InChI is InChI=1S/C21H27N2O7P/c1-3-4-5-9-16-28-21(24)17(2)22-31(27,29-19-10-7-6-8-11-19)30-20-14-12-18(13-15-20)23(25)26/h6-8,10-15,17H,3-5,9,16H2,1-2H3,(H,22,27)/t17-,31?/m0/s1. The lowest BCUT2D eigenvalue weighted by Gasteiger charge is -2.23. The summed E-state index contributed by atoms with van der Waals surface area (Å²) in [5.41, 5.74) is -0.140. The van der Waals surface area contributed by atoms with E-state index in [0.29, 0.717) is 0 Å². The average Bonchev–Trinajstić information content (AvgIpc) is 2.74. The van der Waals surface area contributed by atoms with E-state index in [1.54, 1.807) is 30.3 Å². The number of benzene rings is 2. The van der Waals surface area contributed by atoms with Crippen LogP contribution in [0.5, 0.6) is 11.5 Å². The predicted octanol–water partition coefficient (Wildman–Crippen LogP) is 5.26. The normalized spacial score (nSPS) is 13.6. The van der Waals surface area contributed by atoms with E-state index in [1.165, 1.54) is 31.2 Å². The van der Waals surface area contributed by atoms with Gasteiger partial charge in [0.05, 0.1) is 11.5 Å². The number of nitro groups is 1. The minimum atomic E-state index is -4.08. The number of carbonyl (C=O) groups is 1. The van der Waals surface area contributed by atoms with Gasteiger partial charge >= 0.3 is 13.7 Å². The maximum absolute atomic E-state index is 13.4. The topological polar surface area (TPSA) is 117 Å². The van der Waals surface area contributed by atoms with Crippen molar-refractivity contribution >= 4 is 19.4 Å². The SMILES string of the molecule is CCCCCCOC(=O)[C@H](C)NP(=O)(Oc1ccccc1)Oc1ccc([N+](=O)[O-])cc1. The highest BCUT2D eigenvalue weighted by molar-refractivity contribution is 7.52. The first kappa shape index (κ1) is 24.4. The van der Waals surface area contributed by atoms with Crippen LogP contribution in [-0.2, 0) is 14.1 Å². The Morgan fingerprint density at radius 2 is 1.65 bits per heavy atom. The molecule has 31 heavy (non-hydrogen) atoms. The van der Waals surface area contributed by atoms with Gasteiger partial charge in [-0.2, -0.15) is 5.09 Å². The van der Waals surface area contributed by atoms with Gasteiger partial charge in [-0.3, -0.25) is 14.9 Å². The number of hydrogen-bond acceptors (Lipinski definition) is 7. The molecule has 2 atom stereocenters. The lowest BCUT2D eigenvalue weighted by atomic mass is 10.2. The number of non-ortho nitro benzene ring substituents is 1. The molecule has 0 amide bonds. The molecule has 1 N–H and O–H groups in total. The summed E-state index contributed by atoms with van der Waals surface area (Å²) in [6.45, 7) is 3.86. The third kappa shape index (κ3) is 8.39. The molecule has 168 valence electrons. The van der Waals surface area contributed by atoms with Crippen LogP contribution in [0.2, 0.25) is 0 Å². The van der Waals surface area contributed by atoms with Crippen LogP contribution in [0.1, 0.15) is 39.5 Å². The van der Waals surface area contributed by atoms with Gasteiger partial charge in [0.15, 0.2) is 0 Å². The van der Waals surface area contributed by atoms with Crippen molar-refractivity contribution in [3.05, 3.63) is 64.7 Å². The molecule has 0 aliphatic rings. The first-order valence-electron chi connectivity index (χ1n) is 10.1. The van der Waals surface area contributed by atoms with E-state index in [2.05, 4.69) is 12.0 Å². The van der Waals surface area contributed by atoms with Crippen LogP contribution >= 0.6 is 7.75 Å². The Kier molecular flexibility index (Phi) is 9.49. The van der Waals surface area contributed by atoms with Crippen molar-refractivity contribution in [2.24, 2.45) is 0 Å². The maximum Gasteiger partial charge on any atom is 0.513 e. The van der Waals surface area contributed by atoms with Gasteiger partial charge in [-0.05, 0) is 37.6 Å². The first-order valence-corrected chi connectivity index (χ1v) is 11.6. The Balaban J connectivity index is 2.09. The van der Waals surface area contributed by atoms with Crippen molar-refractivity contribution in [3.63, 3.8) is 0 Å². The number of nitrogens with zero attached hydrogens (tertiary/aromatic N) is 1. The molecule has 0 aromatic heterocycles. The number of unbranched alkanes of at least 4 members (excludes halogenated alkanes) is 3. The minimum absolute atomic E-state index is 0.0810. The minimum Gasteiger partial charge on any atom is -0.465 e. The van der Waals surface area contributed by atoms with Gasteiger partial charge in [0.1, 0.15) is 17.5 Å². The highest BCUT2D eigenvalue weighted by Crippen LogP contribution is 2.45. The van der Waals surface area contributed by atoms with Crippen LogP contribution in [0.25, 0.3) is 0 Å². The number of nitrogens with one attached hydrogen (secondary N) is 1. The van der Waals surface area contributed by atoms with Crippen LogP contribution in [0.3, 0.4) is 0 Å². The van der Waals surface area contributed by atoms with E-state index < -0.39 is 24.7 Å². The van der Waals surface area contributed by atoms with Crippen molar-refractivity contribution < 1.29 is 28.1 Å².